The van der Waals surface area contributed by atoms with E-state index in [1.54, 1.807) is 12.3 Å². The van der Waals surface area contributed by atoms with E-state index in [9.17, 15) is 9.18 Å². The van der Waals surface area contributed by atoms with Gasteiger partial charge in [-0.1, -0.05) is 0 Å². The smallest absolute Gasteiger partial charge is 0.226 e. The number of aryl methyl sites for hydroxylation is 1. The van der Waals surface area contributed by atoms with Gasteiger partial charge in [0.1, 0.15) is 5.82 Å². The zero-order valence-corrected chi connectivity index (χ0v) is 15.3. The van der Waals surface area contributed by atoms with Gasteiger partial charge >= 0.3 is 0 Å². The topological polar surface area (TPSA) is 68.2 Å². The SMILES string of the molecule is Cl.Cn1ccnc1Sc1ccc(F)cc1NC(=O)CC1COCCN1. The van der Waals surface area contributed by atoms with Crippen LogP contribution in [0.15, 0.2) is 40.6 Å². The fraction of sp³-hybridized carbons (Fsp3) is 0.375. The molecular formula is C16H20ClFN4O2S. The number of hydrogen-bond acceptors (Lipinski definition) is 5. The predicted molar refractivity (Wildman–Crippen MR) is 96.8 cm³/mol. The lowest BCUT2D eigenvalue weighted by atomic mass is 10.2. The maximum Gasteiger partial charge on any atom is 0.226 e. The third-order valence-electron chi connectivity index (χ3n) is 3.62. The van der Waals surface area contributed by atoms with Crippen LogP contribution >= 0.6 is 24.2 Å². The van der Waals surface area contributed by atoms with Gasteiger partial charge in [-0.3, -0.25) is 4.79 Å². The summed E-state index contributed by atoms with van der Waals surface area (Å²) < 4.78 is 20.8. The molecule has 1 atom stereocenters. The maximum atomic E-state index is 13.6. The Hall–Kier alpha value is -1.61. The van der Waals surface area contributed by atoms with Crippen molar-refractivity contribution in [3.05, 3.63) is 36.4 Å². The van der Waals surface area contributed by atoms with E-state index in [4.69, 9.17) is 4.74 Å². The molecule has 1 fully saturated rings. The number of benzene rings is 1. The Morgan fingerprint density at radius 2 is 2.40 bits per heavy atom. The summed E-state index contributed by atoms with van der Waals surface area (Å²) in [5, 5.41) is 6.79. The number of morpholine rings is 1. The van der Waals surface area contributed by atoms with Crippen molar-refractivity contribution in [1.82, 2.24) is 14.9 Å². The first kappa shape index (κ1) is 19.7. The molecule has 0 bridgehead atoms. The summed E-state index contributed by atoms with van der Waals surface area (Å²) >= 11 is 1.37. The van der Waals surface area contributed by atoms with E-state index < -0.39 is 5.82 Å². The van der Waals surface area contributed by atoms with Crippen molar-refractivity contribution in [3.8, 4) is 0 Å². The fourth-order valence-corrected chi connectivity index (χ4v) is 3.28. The lowest BCUT2D eigenvalue weighted by Gasteiger charge is -2.23. The monoisotopic (exact) mass is 386 g/mol. The van der Waals surface area contributed by atoms with Gasteiger partial charge in [0.25, 0.3) is 0 Å². The molecule has 0 spiro atoms. The van der Waals surface area contributed by atoms with Crippen LogP contribution in [0, 0.1) is 5.82 Å². The molecule has 136 valence electrons. The number of rotatable bonds is 5. The summed E-state index contributed by atoms with van der Waals surface area (Å²) in [4.78, 5) is 17.2. The predicted octanol–water partition coefficient (Wildman–Crippen LogP) is 2.45. The molecule has 2 heterocycles. The van der Waals surface area contributed by atoms with Gasteiger partial charge in [-0.05, 0) is 30.0 Å². The average molecular weight is 387 g/mol. The molecular weight excluding hydrogens is 367 g/mol. The molecule has 25 heavy (non-hydrogen) atoms. The molecule has 0 saturated carbocycles. The van der Waals surface area contributed by atoms with Gasteiger partial charge in [0.2, 0.25) is 5.91 Å². The summed E-state index contributed by atoms with van der Waals surface area (Å²) in [6, 6.07) is 4.33. The van der Waals surface area contributed by atoms with Crippen LogP contribution < -0.4 is 10.6 Å². The van der Waals surface area contributed by atoms with E-state index >= 15 is 0 Å². The van der Waals surface area contributed by atoms with E-state index in [0.717, 1.165) is 16.6 Å². The van der Waals surface area contributed by atoms with Crippen LogP contribution in [0.5, 0.6) is 0 Å². The number of imidazole rings is 1. The summed E-state index contributed by atoms with van der Waals surface area (Å²) in [6.45, 7) is 1.90. The van der Waals surface area contributed by atoms with Crippen LogP contribution in [0.2, 0.25) is 0 Å². The van der Waals surface area contributed by atoms with Crippen LogP contribution in [0.4, 0.5) is 10.1 Å². The van der Waals surface area contributed by atoms with Gasteiger partial charge < -0.3 is 19.9 Å². The third-order valence-corrected chi connectivity index (χ3v) is 4.78. The van der Waals surface area contributed by atoms with E-state index in [1.807, 2.05) is 17.8 Å². The molecule has 0 aliphatic carbocycles. The first-order valence-corrected chi connectivity index (χ1v) is 8.49. The van der Waals surface area contributed by atoms with Crippen molar-refractivity contribution in [2.45, 2.75) is 22.5 Å². The van der Waals surface area contributed by atoms with Crippen LogP contribution in [-0.2, 0) is 16.6 Å². The minimum atomic E-state index is -0.395. The second kappa shape index (κ2) is 9.19. The molecule has 9 heteroatoms. The van der Waals surface area contributed by atoms with E-state index in [0.29, 0.717) is 18.9 Å². The highest BCUT2D eigenvalue weighted by molar-refractivity contribution is 7.99. The van der Waals surface area contributed by atoms with Crippen LogP contribution in [0.1, 0.15) is 6.42 Å². The van der Waals surface area contributed by atoms with Crippen molar-refractivity contribution >= 4 is 35.8 Å². The standard InChI is InChI=1S/C16H19FN4O2S.ClH/c1-21-6-4-19-16(21)24-14-3-2-11(17)8-13(14)20-15(22)9-12-10-23-7-5-18-12;/h2-4,6,8,12,18H,5,7,9-10H2,1H3,(H,20,22);1H. The first-order chi connectivity index (χ1) is 11.6. The van der Waals surface area contributed by atoms with Gasteiger partial charge in [0.05, 0.1) is 18.9 Å². The van der Waals surface area contributed by atoms with Gasteiger partial charge in [0.15, 0.2) is 5.16 Å². The van der Waals surface area contributed by atoms with E-state index in [1.165, 1.54) is 23.9 Å². The van der Waals surface area contributed by atoms with E-state index in [2.05, 4.69) is 15.6 Å². The van der Waals surface area contributed by atoms with Crippen LogP contribution in [0.25, 0.3) is 0 Å². The summed E-state index contributed by atoms with van der Waals surface area (Å²) in [5.41, 5.74) is 0.449. The molecule has 1 aromatic carbocycles. The Kier molecular flexibility index (Phi) is 7.24. The molecule has 1 aromatic heterocycles. The highest BCUT2D eigenvalue weighted by Crippen LogP contribution is 2.33. The average Bonchev–Trinajstić information content (AvgIpc) is 2.96. The Labute approximate surface area is 155 Å². The minimum absolute atomic E-state index is 0. The molecule has 2 N–H and O–H groups in total. The van der Waals surface area contributed by atoms with Crippen LogP contribution in [0.3, 0.4) is 0 Å². The second-order valence-corrected chi connectivity index (χ2v) is 6.55. The highest BCUT2D eigenvalue weighted by Gasteiger charge is 2.18. The number of amides is 1. The lowest BCUT2D eigenvalue weighted by Crippen LogP contribution is -2.43. The van der Waals surface area contributed by atoms with Crippen LogP contribution in [-0.4, -0.2) is 41.3 Å². The number of nitrogens with one attached hydrogen (secondary N) is 2. The Morgan fingerprint density at radius 1 is 1.56 bits per heavy atom. The maximum absolute atomic E-state index is 13.6. The Balaban J connectivity index is 0.00000225. The van der Waals surface area contributed by atoms with Gasteiger partial charge in [-0.15, -0.1) is 12.4 Å². The molecule has 1 aliphatic heterocycles. The number of aromatic nitrogens is 2. The summed E-state index contributed by atoms with van der Waals surface area (Å²) in [7, 11) is 1.88. The number of hydrogen-bond donors (Lipinski definition) is 2. The molecule has 3 rings (SSSR count). The van der Waals surface area contributed by atoms with E-state index in [-0.39, 0.29) is 30.8 Å². The van der Waals surface area contributed by atoms with Crippen molar-refractivity contribution in [2.24, 2.45) is 7.05 Å². The number of anilines is 1. The summed E-state index contributed by atoms with van der Waals surface area (Å²) in [5.74, 6) is -0.570. The third kappa shape index (κ3) is 5.43. The molecule has 1 aliphatic rings. The van der Waals surface area contributed by atoms with Crippen molar-refractivity contribution < 1.29 is 13.9 Å². The highest BCUT2D eigenvalue weighted by atomic mass is 35.5. The number of halogens is 2. The quantitative estimate of drug-likeness (QED) is 0.826. The Bertz CT molecular complexity index is 722. The molecule has 0 radical (unpaired) electrons. The molecule has 1 amide bonds. The fourth-order valence-electron chi connectivity index (χ4n) is 2.41. The number of carbonyl (C=O) groups is 1. The van der Waals surface area contributed by atoms with Crippen molar-refractivity contribution in [2.75, 3.05) is 25.1 Å². The molecule has 1 unspecified atom stereocenters. The molecule has 6 nitrogen and oxygen atoms in total. The number of nitrogens with zero attached hydrogens (tertiary/aromatic N) is 2. The molecule has 1 saturated heterocycles. The normalized spacial score (nSPS) is 17.0. The second-order valence-electron chi connectivity index (χ2n) is 5.54. The zero-order valence-electron chi connectivity index (χ0n) is 13.7. The summed E-state index contributed by atoms with van der Waals surface area (Å²) in [6.07, 6.45) is 3.81. The van der Waals surface area contributed by atoms with Crippen molar-refractivity contribution in [1.29, 1.82) is 0 Å². The number of ether oxygens (including phenoxy) is 1. The van der Waals surface area contributed by atoms with Gasteiger partial charge in [-0.2, -0.15) is 0 Å². The molecule has 2 aromatic rings. The Morgan fingerprint density at radius 3 is 3.08 bits per heavy atom. The first-order valence-electron chi connectivity index (χ1n) is 7.67. The van der Waals surface area contributed by atoms with Crippen molar-refractivity contribution in [3.63, 3.8) is 0 Å². The largest absolute Gasteiger partial charge is 0.378 e. The lowest BCUT2D eigenvalue weighted by molar-refractivity contribution is -0.117. The van der Waals surface area contributed by atoms with Gasteiger partial charge in [0, 0.05) is 43.3 Å². The van der Waals surface area contributed by atoms with Gasteiger partial charge in [-0.25, -0.2) is 9.37 Å². The number of carbonyl (C=O) groups excluding carboxylic acids is 1. The minimum Gasteiger partial charge on any atom is -0.378 e. The zero-order chi connectivity index (χ0) is 16.9.